The quantitative estimate of drug-likeness (QED) is 0.491. The van der Waals surface area contributed by atoms with E-state index in [1.54, 1.807) is 24.5 Å². The molecule has 0 fully saturated rings. The van der Waals surface area contributed by atoms with Crippen molar-refractivity contribution in [2.24, 2.45) is 0 Å². The van der Waals surface area contributed by atoms with Crippen molar-refractivity contribution in [1.29, 1.82) is 5.26 Å². The molecule has 10 heteroatoms. The molecular weight excluding hydrogens is 418 g/mol. The van der Waals surface area contributed by atoms with E-state index >= 15 is 0 Å². The minimum Gasteiger partial charge on any atom is -0.485 e. The van der Waals surface area contributed by atoms with E-state index in [4.69, 9.17) is 10.00 Å². The molecule has 0 aliphatic rings. The zero-order chi connectivity index (χ0) is 22.1. The number of amides is 1. The molecule has 31 heavy (non-hydrogen) atoms. The Kier molecular flexibility index (Phi) is 7.26. The number of pyridine rings is 2. The molecule has 3 aromatic rings. The van der Waals surface area contributed by atoms with Gasteiger partial charge in [-0.3, -0.25) is 9.78 Å². The molecule has 1 amide bonds. The van der Waals surface area contributed by atoms with Gasteiger partial charge in [0.15, 0.2) is 11.6 Å². The number of nitrogens with one attached hydrogen (secondary N) is 2. The molecule has 0 aliphatic carbocycles. The van der Waals surface area contributed by atoms with Crippen molar-refractivity contribution in [2.45, 2.75) is 17.9 Å². The summed E-state index contributed by atoms with van der Waals surface area (Å²) in [5.41, 5.74) is 1.16. The van der Waals surface area contributed by atoms with Gasteiger partial charge in [-0.25, -0.2) is 18.1 Å². The Morgan fingerprint density at radius 3 is 2.52 bits per heavy atom. The minimum atomic E-state index is -3.74. The van der Waals surface area contributed by atoms with E-state index in [9.17, 15) is 13.2 Å². The Labute approximate surface area is 179 Å². The van der Waals surface area contributed by atoms with Crippen molar-refractivity contribution in [3.63, 3.8) is 0 Å². The average Bonchev–Trinajstić information content (AvgIpc) is 2.79. The molecule has 0 radical (unpaired) electrons. The van der Waals surface area contributed by atoms with Gasteiger partial charge < -0.3 is 10.1 Å². The van der Waals surface area contributed by atoms with E-state index in [-0.39, 0.29) is 35.8 Å². The number of rotatable bonds is 9. The number of anilines is 1. The maximum absolute atomic E-state index is 12.6. The number of hydrogen-bond acceptors (Lipinski definition) is 7. The number of sulfonamides is 1. The van der Waals surface area contributed by atoms with Crippen LogP contribution in [0.4, 0.5) is 5.82 Å². The first-order valence-electron chi connectivity index (χ1n) is 9.24. The Balaban J connectivity index is 1.67. The van der Waals surface area contributed by atoms with Crippen LogP contribution in [-0.4, -0.2) is 30.8 Å². The third-order valence-corrected chi connectivity index (χ3v) is 5.58. The van der Waals surface area contributed by atoms with Gasteiger partial charge >= 0.3 is 0 Å². The highest BCUT2D eigenvalue weighted by atomic mass is 32.2. The first-order valence-corrected chi connectivity index (χ1v) is 10.7. The number of benzene rings is 1. The van der Waals surface area contributed by atoms with Gasteiger partial charge in [-0.15, -0.1) is 0 Å². The fourth-order valence-electron chi connectivity index (χ4n) is 2.53. The summed E-state index contributed by atoms with van der Waals surface area (Å²) in [6.45, 7) is 0.297. The summed E-state index contributed by atoms with van der Waals surface area (Å²) in [5.74, 6) is 0.179. The van der Waals surface area contributed by atoms with Crippen LogP contribution < -0.4 is 14.8 Å². The summed E-state index contributed by atoms with van der Waals surface area (Å²) in [6, 6.07) is 14.3. The Hall–Kier alpha value is -3.81. The average molecular weight is 437 g/mol. The molecule has 3 rings (SSSR count). The maximum Gasteiger partial charge on any atom is 0.256 e. The molecule has 1 aromatic carbocycles. The SMILES string of the molecule is N#CCCNS(=O)(=O)c1ccc(C(=O)Nc2ncccc2OCc2ccncc2)cc1. The van der Waals surface area contributed by atoms with Gasteiger partial charge in [0, 0.05) is 37.1 Å². The molecule has 2 heterocycles. The van der Waals surface area contributed by atoms with E-state index in [1.165, 1.54) is 30.5 Å². The van der Waals surface area contributed by atoms with Crippen molar-refractivity contribution in [3.05, 3.63) is 78.2 Å². The van der Waals surface area contributed by atoms with Crippen LogP contribution in [-0.2, 0) is 16.6 Å². The third-order valence-electron chi connectivity index (χ3n) is 4.10. The predicted molar refractivity (Wildman–Crippen MR) is 113 cm³/mol. The smallest absolute Gasteiger partial charge is 0.256 e. The summed E-state index contributed by atoms with van der Waals surface area (Å²) in [5, 5.41) is 11.2. The number of carbonyl (C=O) groups excluding carboxylic acids is 1. The molecule has 9 nitrogen and oxygen atoms in total. The summed E-state index contributed by atoms with van der Waals surface area (Å²) in [4.78, 5) is 20.7. The number of ether oxygens (including phenoxy) is 1. The second-order valence-electron chi connectivity index (χ2n) is 6.28. The number of aromatic nitrogens is 2. The minimum absolute atomic E-state index is 0.00111. The van der Waals surface area contributed by atoms with Crippen LogP contribution in [0.25, 0.3) is 0 Å². The summed E-state index contributed by atoms with van der Waals surface area (Å²) >= 11 is 0. The van der Waals surface area contributed by atoms with Crippen LogP contribution in [0.5, 0.6) is 5.75 Å². The highest BCUT2D eigenvalue weighted by Crippen LogP contribution is 2.23. The molecule has 158 valence electrons. The first kappa shape index (κ1) is 21.9. The molecule has 2 aromatic heterocycles. The summed E-state index contributed by atoms with van der Waals surface area (Å²) in [7, 11) is -3.74. The summed E-state index contributed by atoms with van der Waals surface area (Å²) < 4.78 is 32.4. The van der Waals surface area contributed by atoms with Crippen LogP contribution in [0.1, 0.15) is 22.3 Å². The van der Waals surface area contributed by atoms with Gasteiger partial charge in [0.05, 0.1) is 11.0 Å². The van der Waals surface area contributed by atoms with Crippen molar-refractivity contribution >= 4 is 21.7 Å². The third kappa shape index (κ3) is 6.08. The van der Waals surface area contributed by atoms with Gasteiger partial charge in [0.1, 0.15) is 6.61 Å². The van der Waals surface area contributed by atoms with E-state index in [2.05, 4.69) is 20.0 Å². The van der Waals surface area contributed by atoms with Crippen molar-refractivity contribution in [1.82, 2.24) is 14.7 Å². The second kappa shape index (κ2) is 10.3. The monoisotopic (exact) mass is 437 g/mol. The molecule has 0 aliphatic heterocycles. The van der Waals surface area contributed by atoms with E-state index in [0.29, 0.717) is 5.75 Å². The predicted octanol–water partition coefficient (Wildman–Crippen LogP) is 2.50. The van der Waals surface area contributed by atoms with E-state index < -0.39 is 15.9 Å². The Bertz CT molecular complexity index is 1180. The molecule has 2 N–H and O–H groups in total. The van der Waals surface area contributed by atoms with Gasteiger partial charge in [-0.1, -0.05) is 0 Å². The molecule has 0 saturated heterocycles. The largest absolute Gasteiger partial charge is 0.485 e. The molecule has 0 unspecified atom stereocenters. The van der Waals surface area contributed by atoms with Crippen LogP contribution in [0, 0.1) is 11.3 Å². The molecule has 0 saturated carbocycles. The van der Waals surface area contributed by atoms with Crippen LogP contribution in [0.15, 0.2) is 72.0 Å². The molecule has 0 bridgehead atoms. The fraction of sp³-hybridized carbons (Fsp3) is 0.143. The first-order chi connectivity index (χ1) is 15.0. The lowest BCUT2D eigenvalue weighted by molar-refractivity contribution is 0.102. The number of carbonyl (C=O) groups is 1. The molecular formula is C21H19N5O4S. The van der Waals surface area contributed by atoms with Crippen molar-refractivity contribution in [2.75, 3.05) is 11.9 Å². The lowest BCUT2D eigenvalue weighted by Crippen LogP contribution is -2.24. The highest BCUT2D eigenvalue weighted by molar-refractivity contribution is 7.89. The normalized spacial score (nSPS) is 10.8. The van der Waals surface area contributed by atoms with Gasteiger partial charge in [-0.05, 0) is 54.1 Å². The van der Waals surface area contributed by atoms with Gasteiger partial charge in [0.25, 0.3) is 5.91 Å². The number of nitrogens with zero attached hydrogens (tertiary/aromatic N) is 3. The number of hydrogen-bond donors (Lipinski definition) is 2. The van der Waals surface area contributed by atoms with Crippen molar-refractivity contribution in [3.8, 4) is 11.8 Å². The highest BCUT2D eigenvalue weighted by Gasteiger charge is 2.16. The van der Waals surface area contributed by atoms with Crippen LogP contribution in [0.2, 0.25) is 0 Å². The lowest BCUT2D eigenvalue weighted by atomic mass is 10.2. The van der Waals surface area contributed by atoms with Gasteiger partial charge in [-0.2, -0.15) is 5.26 Å². The Morgan fingerprint density at radius 1 is 1.06 bits per heavy atom. The molecule has 0 spiro atoms. The second-order valence-corrected chi connectivity index (χ2v) is 8.05. The van der Waals surface area contributed by atoms with Gasteiger partial charge in [0.2, 0.25) is 10.0 Å². The zero-order valence-corrected chi connectivity index (χ0v) is 17.2. The lowest BCUT2D eigenvalue weighted by Gasteiger charge is -2.12. The van der Waals surface area contributed by atoms with E-state index in [1.807, 2.05) is 18.2 Å². The van der Waals surface area contributed by atoms with Crippen LogP contribution in [0.3, 0.4) is 0 Å². The van der Waals surface area contributed by atoms with E-state index in [0.717, 1.165) is 5.56 Å². The number of nitriles is 1. The Morgan fingerprint density at radius 2 is 1.81 bits per heavy atom. The summed E-state index contributed by atoms with van der Waals surface area (Å²) in [6.07, 6.45) is 4.91. The maximum atomic E-state index is 12.6. The molecule has 0 atom stereocenters. The standard InChI is InChI=1S/C21H19N5O4S/c22-10-2-12-25-31(28,29)18-6-4-17(5-7-18)21(27)26-20-19(3-1-11-24-20)30-15-16-8-13-23-14-9-16/h1,3-9,11,13-14,25H,2,12,15H2,(H,24,26,27). The van der Waals surface area contributed by atoms with Crippen molar-refractivity contribution < 1.29 is 17.9 Å². The zero-order valence-electron chi connectivity index (χ0n) is 16.4. The fourth-order valence-corrected chi connectivity index (χ4v) is 3.56. The van der Waals surface area contributed by atoms with Crippen LogP contribution >= 0.6 is 0 Å². The topological polar surface area (TPSA) is 134 Å².